The van der Waals surface area contributed by atoms with Gasteiger partial charge in [0.2, 0.25) is 5.91 Å². The van der Waals surface area contributed by atoms with E-state index in [4.69, 9.17) is 9.47 Å². The number of ether oxygens (including phenoxy) is 2. The lowest BCUT2D eigenvalue weighted by molar-refractivity contribution is -0.121. The summed E-state index contributed by atoms with van der Waals surface area (Å²) >= 11 is 0. The number of amides is 1. The van der Waals surface area contributed by atoms with Crippen LogP contribution in [0.2, 0.25) is 0 Å². The molecule has 3 rings (SSSR count). The summed E-state index contributed by atoms with van der Waals surface area (Å²) in [6, 6.07) is 27.6. The second-order valence-electron chi connectivity index (χ2n) is 6.98. The zero-order valence-corrected chi connectivity index (χ0v) is 16.7. The van der Waals surface area contributed by atoms with Gasteiger partial charge in [-0.1, -0.05) is 60.7 Å². The van der Waals surface area contributed by atoms with E-state index in [1.165, 1.54) is 0 Å². The molecule has 0 aliphatic carbocycles. The van der Waals surface area contributed by atoms with Crippen LogP contribution >= 0.6 is 0 Å². The Morgan fingerprint density at radius 2 is 1.41 bits per heavy atom. The lowest BCUT2D eigenvalue weighted by Gasteiger charge is -2.15. The highest BCUT2D eigenvalue weighted by molar-refractivity contribution is 5.75. The minimum atomic E-state index is -0.0476. The molecule has 0 heterocycles. The third kappa shape index (κ3) is 7.34. The van der Waals surface area contributed by atoms with Crippen LogP contribution in [0.25, 0.3) is 0 Å². The first-order chi connectivity index (χ1) is 14.2. The van der Waals surface area contributed by atoms with Gasteiger partial charge in [0.05, 0.1) is 6.10 Å². The Morgan fingerprint density at radius 1 is 0.828 bits per heavy atom. The monoisotopic (exact) mass is 389 g/mol. The van der Waals surface area contributed by atoms with Gasteiger partial charge in [0.25, 0.3) is 0 Å². The van der Waals surface area contributed by atoms with Crippen molar-refractivity contribution < 1.29 is 14.3 Å². The highest BCUT2D eigenvalue weighted by atomic mass is 16.5. The first-order valence-electron chi connectivity index (χ1n) is 9.93. The third-order valence-corrected chi connectivity index (χ3v) is 4.52. The maximum atomic E-state index is 12.0. The molecule has 0 spiro atoms. The van der Waals surface area contributed by atoms with Crippen molar-refractivity contribution >= 4 is 5.91 Å². The molecule has 0 aliphatic heterocycles. The summed E-state index contributed by atoms with van der Waals surface area (Å²) in [6.07, 6.45) is 1.05. The van der Waals surface area contributed by atoms with Crippen molar-refractivity contribution in [1.82, 2.24) is 5.32 Å². The Morgan fingerprint density at radius 3 is 2.07 bits per heavy atom. The summed E-state index contributed by atoms with van der Waals surface area (Å²) in [5.41, 5.74) is 2.23. The molecule has 1 unspecified atom stereocenters. The van der Waals surface area contributed by atoms with E-state index in [0.29, 0.717) is 26.0 Å². The Labute approximate surface area is 172 Å². The van der Waals surface area contributed by atoms with Crippen LogP contribution in [-0.2, 0) is 17.9 Å². The maximum Gasteiger partial charge on any atom is 0.220 e. The average molecular weight is 389 g/mol. The quantitative estimate of drug-likeness (QED) is 0.523. The molecule has 1 N–H and O–H groups in total. The fraction of sp³-hybridized carbons (Fsp3) is 0.240. The Balaban J connectivity index is 1.36. The van der Waals surface area contributed by atoms with Gasteiger partial charge in [0.15, 0.2) is 0 Å². The molecule has 0 aliphatic rings. The summed E-state index contributed by atoms with van der Waals surface area (Å²) in [6.45, 7) is 3.07. The van der Waals surface area contributed by atoms with Crippen LogP contribution in [0.4, 0.5) is 0 Å². The lowest BCUT2D eigenvalue weighted by atomic mass is 10.2. The Hall–Kier alpha value is -3.27. The van der Waals surface area contributed by atoms with Crippen LogP contribution in [0.3, 0.4) is 0 Å². The minimum Gasteiger partial charge on any atom is -0.491 e. The lowest BCUT2D eigenvalue weighted by Crippen LogP contribution is -2.24. The van der Waals surface area contributed by atoms with Crippen molar-refractivity contribution in [3.8, 4) is 11.5 Å². The number of hydrogen-bond donors (Lipinski definition) is 1. The highest BCUT2D eigenvalue weighted by Gasteiger charge is 2.08. The van der Waals surface area contributed by atoms with E-state index >= 15 is 0 Å². The van der Waals surface area contributed by atoms with Gasteiger partial charge >= 0.3 is 0 Å². The molecule has 0 fully saturated rings. The zero-order valence-electron chi connectivity index (χ0n) is 16.7. The van der Waals surface area contributed by atoms with Gasteiger partial charge in [-0.25, -0.2) is 0 Å². The number of rotatable bonds is 10. The summed E-state index contributed by atoms with van der Waals surface area (Å²) < 4.78 is 11.7. The number of nitrogens with one attached hydrogen (secondary N) is 1. The van der Waals surface area contributed by atoms with Crippen molar-refractivity contribution in [1.29, 1.82) is 0 Å². The topological polar surface area (TPSA) is 47.6 Å². The van der Waals surface area contributed by atoms with Crippen LogP contribution in [0.5, 0.6) is 11.5 Å². The molecule has 3 aromatic carbocycles. The zero-order chi connectivity index (χ0) is 20.3. The molecular weight excluding hydrogens is 362 g/mol. The van der Waals surface area contributed by atoms with E-state index in [9.17, 15) is 4.79 Å². The maximum absolute atomic E-state index is 12.0. The molecule has 0 aromatic heterocycles. The molecular formula is C25H27NO3. The molecule has 150 valence electrons. The van der Waals surface area contributed by atoms with Gasteiger partial charge in [0.1, 0.15) is 18.1 Å². The second-order valence-corrected chi connectivity index (χ2v) is 6.98. The van der Waals surface area contributed by atoms with Gasteiger partial charge in [-0.3, -0.25) is 4.79 Å². The average Bonchev–Trinajstić information content (AvgIpc) is 2.77. The van der Waals surface area contributed by atoms with E-state index in [1.54, 1.807) is 0 Å². The number of hydrogen-bond acceptors (Lipinski definition) is 3. The van der Waals surface area contributed by atoms with Crippen molar-refractivity contribution in [2.75, 3.05) is 0 Å². The highest BCUT2D eigenvalue weighted by Crippen LogP contribution is 2.20. The summed E-state index contributed by atoms with van der Waals surface area (Å²) in [7, 11) is 0. The van der Waals surface area contributed by atoms with E-state index in [-0.39, 0.29) is 12.0 Å². The van der Waals surface area contributed by atoms with Gasteiger partial charge in [-0.05, 0) is 48.7 Å². The van der Waals surface area contributed by atoms with Crippen molar-refractivity contribution in [3.63, 3.8) is 0 Å². The second kappa shape index (κ2) is 10.9. The fourth-order valence-corrected chi connectivity index (χ4v) is 2.87. The molecule has 0 saturated carbocycles. The molecule has 4 heteroatoms. The van der Waals surface area contributed by atoms with Crippen LogP contribution in [0, 0.1) is 0 Å². The molecule has 0 bridgehead atoms. The fourth-order valence-electron chi connectivity index (χ4n) is 2.87. The summed E-state index contributed by atoms with van der Waals surface area (Å²) in [4.78, 5) is 12.0. The third-order valence-electron chi connectivity index (χ3n) is 4.52. The van der Waals surface area contributed by atoms with Gasteiger partial charge in [0, 0.05) is 13.0 Å². The van der Waals surface area contributed by atoms with Crippen LogP contribution in [0.1, 0.15) is 30.9 Å². The van der Waals surface area contributed by atoms with Gasteiger partial charge < -0.3 is 14.8 Å². The Kier molecular flexibility index (Phi) is 7.70. The van der Waals surface area contributed by atoms with Crippen molar-refractivity contribution in [2.45, 2.75) is 39.0 Å². The first kappa shape index (κ1) is 20.5. The standard InChI is InChI=1S/C25H27NO3/c1-20(12-17-25(27)26-18-21-8-4-2-5-9-21)29-24-15-13-23(14-16-24)28-19-22-10-6-3-7-11-22/h2-11,13-16,20H,12,17-19H2,1H3,(H,26,27). The van der Waals surface area contributed by atoms with Gasteiger partial charge in [-0.15, -0.1) is 0 Å². The molecule has 4 nitrogen and oxygen atoms in total. The molecule has 1 atom stereocenters. The number of carbonyl (C=O) groups excluding carboxylic acids is 1. The first-order valence-corrected chi connectivity index (χ1v) is 9.93. The Bertz CT molecular complexity index is 864. The molecule has 1 amide bonds. The number of benzene rings is 3. The van der Waals surface area contributed by atoms with Crippen LogP contribution < -0.4 is 14.8 Å². The largest absolute Gasteiger partial charge is 0.491 e. The SMILES string of the molecule is CC(CCC(=O)NCc1ccccc1)Oc1ccc(OCc2ccccc2)cc1. The predicted octanol–water partition coefficient (Wildman–Crippen LogP) is 5.13. The van der Waals surface area contributed by atoms with Crippen molar-refractivity contribution in [3.05, 3.63) is 96.1 Å². The summed E-state index contributed by atoms with van der Waals surface area (Å²) in [5.74, 6) is 1.61. The van der Waals surface area contributed by atoms with E-state index in [1.807, 2.05) is 91.9 Å². The van der Waals surface area contributed by atoms with E-state index in [0.717, 1.165) is 22.6 Å². The van der Waals surface area contributed by atoms with E-state index < -0.39 is 0 Å². The van der Waals surface area contributed by atoms with Crippen molar-refractivity contribution in [2.24, 2.45) is 0 Å². The van der Waals surface area contributed by atoms with Crippen LogP contribution in [0.15, 0.2) is 84.9 Å². The van der Waals surface area contributed by atoms with Gasteiger partial charge in [-0.2, -0.15) is 0 Å². The normalized spacial score (nSPS) is 11.5. The minimum absolute atomic E-state index is 0.0361. The van der Waals surface area contributed by atoms with Crippen LogP contribution in [-0.4, -0.2) is 12.0 Å². The predicted molar refractivity (Wildman–Crippen MR) is 115 cm³/mol. The molecule has 3 aromatic rings. The number of carbonyl (C=O) groups is 1. The smallest absolute Gasteiger partial charge is 0.220 e. The molecule has 0 radical (unpaired) electrons. The summed E-state index contributed by atoms with van der Waals surface area (Å²) in [5, 5.41) is 2.94. The molecule has 0 saturated heterocycles. The van der Waals surface area contributed by atoms with E-state index in [2.05, 4.69) is 5.32 Å². The molecule has 29 heavy (non-hydrogen) atoms.